The van der Waals surface area contributed by atoms with Crippen LogP contribution in [-0.2, 0) is 54.2 Å². The van der Waals surface area contributed by atoms with Crippen LogP contribution in [0.5, 0.6) is 0 Å². The van der Waals surface area contributed by atoms with Crippen molar-refractivity contribution in [3.05, 3.63) is 82.9 Å². The minimum absolute atomic E-state index is 0.221. The monoisotopic (exact) mass is 644 g/mol. The standard InChI is InChI=1S/C36H60O6Si2/c1-35(2,3)43(7,8)41-29-33-17-13-31(14-18-33)27-39-25-23-37-21-11-12-22-38-24-26-40-28-32-15-19-34(20-16-32)30-42-44(9,10)36(4,5)6/h11-20H,21-30H2,1-10H3/b12-11+. The predicted molar refractivity (Wildman–Crippen MR) is 187 cm³/mol. The first-order valence-electron chi connectivity index (χ1n) is 16.0. The summed E-state index contributed by atoms with van der Waals surface area (Å²) in [5, 5.41) is 0.441. The summed E-state index contributed by atoms with van der Waals surface area (Å²) in [7, 11) is -3.46. The number of ether oxygens (including phenoxy) is 4. The molecule has 0 saturated heterocycles. The molecule has 0 heterocycles. The fourth-order valence-corrected chi connectivity index (χ4v) is 5.40. The van der Waals surface area contributed by atoms with E-state index >= 15 is 0 Å². The van der Waals surface area contributed by atoms with Crippen LogP contribution >= 0.6 is 0 Å². The molecule has 8 heteroatoms. The van der Waals surface area contributed by atoms with Gasteiger partial charge in [0.15, 0.2) is 16.6 Å². The Morgan fingerprint density at radius 1 is 0.455 bits per heavy atom. The van der Waals surface area contributed by atoms with E-state index in [0.29, 0.717) is 66.1 Å². The van der Waals surface area contributed by atoms with Gasteiger partial charge in [-0.05, 0) is 58.5 Å². The fourth-order valence-electron chi connectivity index (χ4n) is 3.48. The van der Waals surface area contributed by atoms with Gasteiger partial charge in [-0.25, -0.2) is 0 Å². The topological polar surface area (TPSA) is 55.4 Å². The van der Waals surface area contributed by atoms with Crippen LogP contribution in [0.2, 0.25) is 36.3 Å². The molecule has 0 atom stereocenters. The maximum atomic E-state index is 6.31. The zero-order chi connectivity index (χ0) is 32.7. The highest BCUT2D eigenvalue weighted by atomic mass is 28.4. The van der Waals surface area contributed by atoms with Crippen LogP contribution in [0.3, 0.4) is 0 Å². The van der Waals surface area contributed by atoms with Crippen molar-refractivity contribution in [1.29, 1.82) is 0 Å². The lowest BCUT2D eigenvalue weighted by Gasteiger charge is -2.36. The number of hydrogen-bond donors (Lipinski definition) is 0. The molecule has 0 fully saturated rings. The lowest BCUT2D eigenvalue weighted by atomic mass is 10.1. The van der Waals surface area contributed by atoms with E-state index in [9.17, 15) is 0 Å². The quantitative estimate of drug-likeness (QED) is 0.0814. The van der Waals surface area contributed by atoms with E-state index in [1.165, 1.54) is 11.1 Å². The third-order valence-corrected chi connectivity index (χ3v) is 17.7. The molecule has 0 aliphatic heterocycles. The molecule has 0 saturated carbocycles. The van der Waals surface area contributed by atoms with Crippen molar-refractivity contribution < 1.29 is 27.8 Å². The molecule has 2 aromatic rings. The van der Waals surface area contributed by atoms with Crippen molar-refractivity contribution in [3.63, 3.8) is 0 Å². The zero-order valence-corrected chi connectivity index (χ0v) is 31.3. The normalized spacial score (nSPS) is 13.2. The van der Waals surface area contributed by atoms with Crippen LogP contribution in [0.15, 0.2) is 60.7 Å². The highest BCUT2D eigenvalue weighted by Crippen LogP contribution is 2.38. The molecule has 2 aromatic carbocycles. The average Bonchev–Trinajstić information content (AvgIpc) is 2.95. The largest absolute Gasteiger partial charge is 0.413 e. The first-order valence-corrected chi connectivity index (χ1v) is 21.8. The third kappa shape index (κ3) is 14.6. The van der Waals surface area contributed by atoms with Gasteiger partial charge in [-0.2, -0.15) is 0 Å². The molecular formula is C36H60O6Si2. The van der Waals surface area contributed by atoms with E-state index < -0.39 is 16.6 Å². The maximum absolute atomic E-state index is 6.31. The highest BCUT2D eigenvalue weighted by molar-refractivity contribution is 6.74. The van der Waals surface area contributed by atoms with Crippen LogP contribution in [0.25, 0.3) is 0 Å². The number of hydrogen-bond acceptors (Lipinski definition) is 6. The van der Waals surface area contributed by atoms with E-state index in [1.807, 2.05) is 12.2 Å². The summed E-state index contributed by atoms with van der Waals surface area (Å²) in [6, 6.07) is 17.0. The molecule has 2 rings (SSSR count). The molecule has 0 aliphatic rings. The molecule has 0 unspecified atom stereocenters. The van der Waals surface area contributed by atoms with Gasteiger partial charge in [0.05, 0.1) is 66.1 Å². The summed E-state index contributed by atoms with van der Waals surface area (Å²) in [6.07, 6.45) is 3.95. The molecule has 6 nitrogen and oxygen atoms in total. The summed E-state index contributed by atoms with van der Waals surface area (Å²) < 4.78 is 35.4. The second-order valence-electron chi connectivity index (χ2n) is 14.5. The zero-order valence-electron chi connectivity index (χ0n) is 29.3. The Hall–Kier alpha value is -1.63. The van der Waals surface area contributed by atoms with E-state index in [0.717, 1.165) is 11.1 Å². The van der Waals surface area contributed by atoms with Crippen molar-refractivity contribution in [1.82, 2.24) is 0 Å². The SMILES string of the molecule is CC(C)(C)[Si](C)(C)OCc1ccc(COCCOC/C=C/COCCOCc2ccc(CO[Si](C)(C)C(C)(C)C)cc2)cc1. The third-order valence-electron chi connectivity index (χ3n) is 8.73. The lowest BCUT2D eigenvalue weighted by Crippen LogP contribution is -2.40. The average molecular weight is 645 g/mol. The van der Waals surface area contributed by atoms with Gasteiger partial charge >= 0.3 is 0 Å². The van der Waals surface area contributed by atoms with Gasteiger partial charge in [0, 0.05) is 0 Å². The highest BCUT2D eigenvalue weighted by Gasteiger charge is 2.37. The van der Waals surface area contributed by atoms with Gasteiger partial charge in [0.2, 0.25) is 0 Å². The van der Waals surface area contributed by atoms with E-state index in [2.05, 4.69) is 116 Å². The Bertz CT molecular complexity index is 996. The van der Waals surface area contributed by atoms with Crippen LogP contribution in [-0.4, -0.2) is 56.3 Å². The minimum atomic E-state index is -1.73. The summed E-state index contributed by atoms with van der Waals surface area (Å²) in [4.78, 5) is 0. The van der Waals surface area contributed by atoms with Gasteiger partial charge in [0.1, 0.15) is 0 Å². The molecule has 0 radical (unpaired) electrons. The van der Waals surface area contributed by atoms with Gasteiger partial charge in [0.25, 0.3) is 0 Å². The van der Waals surface area contributed by atoms with Crippen LogP contribution in [0.4, 0.5) is 0 Å². The number of rotatable bonds is 20. The molecule has 0 aliphatic carbocycles. The van der Waals surface area contributed by atoms with E-state index in [1.54, 1.807) is 0 Å². The molecular weight excluding hydrogens is 585 g/mol. The second kappa shape index (κ2) is 18.5. The molecule has 0 aromatic heterocycles. The van der Waals surface area contributed by atoms with Crippen molar-refractivity contribution in [3.8, 4) is 0 Å². The Labute approximate surface area is 270 Å². The molecule has 44 heavy (non-hydrogen) atoms. The van der Waals surface area contributed by atoms with Gasteiger partial charge in [-0.3, -0.25) is 0 Å². The lowest BCUT2D eigenvalue weighted by molar-refractivity contribution is 0.0475. The summed E-state index contributed by atoms with van der Waals surface area (Å²) in [5.41, 5.74) is 4.72. The smallest absolute Gasteiger partial charge is 0.192 e. The van der Waals surface area contributed by atoms with Crippen molar-refractivity contribution in [2.45, 2.75) is 104 Å². The van der Waals surface area contributed by atoms with Crippen LogP contribution < -0.4 is 0 Å². The number of benzene rings is 2. The Kier molecular flexibility index (Phi) is 16.2. The predicted octanol–water partition coefficient (Wildman–Crippen LogP) is 9.05. The molecule has 0 amide bonds. The molecule has 0 spiro atoms. The summed E-state index contributed by atoms with van der Waals surface area (Å²) in [5.74, 6) is 0. The minimum Gasteiger partial charge on any atom is -0.413 e. The van der Waals surface area contributed by atoms with Gasteiger partial charge < -0.3 is 27.8 Å². The van der Waals surface area contributed by atoms with Crippen molar-refractivity contribution in [2.75, 3.05) is 39.6 Å². The van der Waals surface area contributed by atoms with Gasteiger partial charge in [-0.15, -0.1) is 0 Å². The molecule has 0 N–H and O–H groups in total. The molecule has 248 valence electrons. The van der Waals surface area contributed by atoms with Crippen molar-refractivity contribution in [2.24, 2.45) is 0 Å². The summed E-state index contributed by atoms with van der Waals surface area (Å²) in [6.45, 7) is 28.6. The Morgan fingerprint density at radius 3 is 1.02 bits per heavy atom. The van der Waals surface area contributed by atoms with Crippen molar-refractivity contribution >= 4 is 16.6 Å². The van der Waals surface area contributed by atoms with Crippen LogP contribution in [0.1, 0.15) is 63.8 Å². The van der Waals surface area contributed by atoms with E-state index in [4.69, 9.17) is 27.8 Å². The first kappa shape index (κ1) is 38.6. The summed E-state index contributed by atoms with van der Waals surface area (Å²) >= 11 is 0. The molecule has 0 bridgehead atoms. The Balaban J connectivity index is 1.45. The van der Waals surface area contributed by atoms with Crippen LogP contribution in [0, 0.1) is 0 Å². The maximum Gasteiger partial charge on any atom is 0.192 e. The Morgan fingerprint density at radius 2 is 0.727 bits per heavy atom. The first-order chi connectivity index (χ1) is 20.6. The second-order valence-corrected chi connectivity index (χ2v) is 24.1. The fraction of sp³-hybridized carbons (Fsp3) is 0.611. The van der Waals surface area contributed by atoms with E-state index in [-0.39, 0.29) is 10.1 Å². The van der Waals surface area contributed by atoms with Gasteiger partial charge in [-0.1, -0.05) is 102 Å².